The van der Waals surface area contributed by atoms with Crippen LogP contribution in [0.1, 0.15) is 26.3 Å². The molecule has 0 bridgehead atoms. The minimum atomic E-state index is -3.79. The Kier molecular flexibility index (Phi) is 4.84. The Morgan fingerprint density at radius 2 is 1.87 bits per heavy atom. The largest absolute Gasteiger partial charge is 0.364 e. The molecule has 8 heteroatoms. The Bertz CT molecular complexity index is 710. The van der Waals surface area contributed by atoms with E-state index in [2.05, 4.69) is 0 Å². The van der Waals surface area contributed by atoms with Crippen LogP contribution in [0.2, 0.25) is 0 Å². The number of carbonyl (C=O) groups is 1. The van der Waals surface area contributed by atoms with Gasteiger partial charge in [0, 0.05) is 11.5 Å². The number of Topliss-reactive ketones (excluding diaryl/α,β-unsaturated/α-hetero) is 1. The number of nitrogens with zero attached hydrogens (tertiary/aromatic N) is 1. The van der Waals surface area contributed by atoms with Crippen molar-refractivity contribution in [1.82, 2.24) is 0 Å². The molecule has 1 fully saturated rings. The minimum Gasteiger partial charge on any atom is -0.304 e. The predicted molar refractivity (Wildman–Crippen MR) is 85.0 cm³/mol. The third-order valence-electron chi connectivity index (χ3n) is 3.33. The van der Waals surface area contributed by atoms with Gasteiger partial charge in [-0.05, 0) is 19.1 Å². The molecule has 1 aliphatic heterocycles. The lowest BCUT2D eigenvalue weighted by Crippen LogP contribution is -2.30. The Labute approximate surface area is 134 Å². The number of nitro groups is 1. The van der Waals surface area contributed by atoms with Gasteiger partial charge >= 0.3 is 7.60 Å². The fraction of sp³-hybridized carbons (Fsp3) is 0.400. The van der Waals surface area contributed by atoms with E-state index >= 15 is 0 Å². The summed E-state index contributed by atoms with van der Waals surface area (Å²) in [5, 5.41) is 10.9. The SMILES string of the molecule is CC(=O)/C(=C\c1ccccc1[N+](=O)[O-])P1(=O)OCC(C)(C)CO1. The lowest BCUT2D eigenvalue weighted by Gasteiger charge is -2.34. The maximum absolute atomic E-state index is 12.8. The third-order valence-corrected chi connectivity index (χ3v) is 5.30. The van der Waals surface area contributed by atoms with Crippen molar-refractivity contribution in [3.05, 3.63) is 45.3 Å². The fourth-order valence-electron chi connectivity index (χ4n) is 2.03. The van der Waals surface area contributed by atoms with Gasteiger partial charge in [0.15, 0.2) is 5.78 Å². The first-order chi connectivity index (χ1) is 10.6. The van der Waals surface area contributed by atoms with E-state index in [1.54, 1.807) is 6.07 Å². The van der Waals surface area contributed by atoms with Gasteiger partial charge in [0.25, 0.3) is 5.69 Å². The lowest BCUT2D eigenvalue weighted by atomic mass is 9.97. The van der Waals surface area contributed by atoms with Crippen molar-refractivity contribution < 1.29 is 23.3 Å². The summed E-state index contributed by atoms with van der Waals surface area (Å²) in [6.45, 7) is 5.34. The third kappa shape index (κ3) is 3.93. The zero-order chi connectivity index (χ0) is 17.3. The molecular weight excluding hydrogens is 321 g/mol. The maximum atomic E-state index is 12.8. The summed E-state index contributed by atoms with van der Waals surface area (Å²) in [6, 6.07) is 5.89. The van der Waals surface area contributed by atoms with Crippen LogP contribution in [0, 0.1) is 15.5 Å². The van der Waals surface area contributed by atoms with E-state index in [-0.39, 0.29) is 35.2 Å². The number of ketones is 1. The summed E-state index contributed by atoms with van der Waals surface area (Å²) in [5.41, 5.74) is -0.320. The highest BCUT2D eigenvalue weighted by molar-refractivity contribution is 7.60. The average Bonchev–Trinajstić information content (AvgIpc) is 2.48. The Balaban J connectivity index is 2.46. The standard InChI is InChI=1S/C15H18NO6P/c1-11(17)14(23(20)21-9-15(2,3)10-22-23)8-12-6-4-5-7-13(12)16(18)19/h4-8H,9-10H2,1-3H3/b14-8+. The van der Waals surface area contributed by atoms with Crippen LogP contribution in [0.3, 0.4) is 0 Å². The molecule has 0 atom stereocenters. The van der Waals surface area contributed by atoms with Gasteiger partial charge in [-0.25, -0.2) is 0 Å². The van der Waals surface area contributed by atoms with E-state index in [1.165, 1.54) is 31.2 Å². The zero-order valence-corrected chi connectivity index (χ0v) is 14.0. The highest BCUT2D eigenvalue weighted by Gasteiger charge is 2.41. The molecule has 1 saturated heterocycles. The maximum Gasteiger partial charge on any atom is 0.364 e. The van der Waals surface area contributed by atoms with Gasteiger partial charge in [-0.15, -0.1) is 0 Å². The molecule has 0 N–H and O–H groups in total. The van der Waals surface area contributed by atoms with Gasteiger partial charge in [-0.1, -0.05) is 26.0 Å². The van der Waals surface area contributed by atoms with Crippen molar-refractivity contribution in [2.75, 3.05) is 13.2 Å². The van der Waals surface area contributed by atoms with Gasteiger partial charge in [0.1, 0.15) is 5.31 Å². The zero-order valence-electron chi connectivity index (χ0n) is 13.1. The summed E-state index contributed by atoms with van der Waals surface area (Å²) in [4.78, 5) is 22.4. The van der Waals surface area contributed by atoms with Crippen LogP contribution in [0.4, 0.5) is 5.69 Å². The molecule has 0 aliphatic carbocycles. The van der Waals surface area contributed by atoms with Gasteiger partial charge in [-0.3, -0.25) is 19.5 Å². The van der Waals surface area contributed by atoms with Crippen LogP contribution in [0.5, 0.6) is 0 Å². The molecular formula is C15H18NO6P. The second-order valence-electron chi connectivity index (χ2n) is 6.11. The number of rotatable bonds is 4. The summed E-state index contributed by atoms with van der Waals surface area (Å²) in [5.74, 6) is -0.508. The first-order valence-corrected chi connectivity index (χ1v) is 8.55. The molecule has 2 rings (SSSR count). The van der Waals surface area contributed by atoms with Gasteiger partial charge in [0.2, 0.25) is 0 Å². The monoisotopic (exact) mass is 339 g/mol. The summed E-state index contributed by atoms with van der Waals surface area (Å²) < 4.78 is 23.5. The van der Waals surface area contributed by atoms with E-state index in [0.29, 0.717) is 0 Å². The molecule has 23 heavy (non-hydrogen) atoms. The Morgan fingerprint density at radius 1 is 1.30 bits per heavy atom. The number of hydrogen-bond acceptors (Lipinski definition) is 6. The van der Waals surface area contributed by atoms with Crippen molar-refractivity contribution >= 4 is 25.1 Å². The smallest absolute Gasteiger partial charge is 0.304 e. The number of benzene rings is 1. The molecule has 0 unspecified atom stereocenters. The number of nitro benzene ring substituents is 1. The number of hydrogen-bond donors (Lipinski definition) is 0. The predicted octanol–water partition coefficient (Wildman–Crippen LogP) is 3.79. The second-order valence-corrected chi connectivity index (χ2v) is 8.10. The molecule has 0 spiro atoms. The first-order valence-electron chi connectivity index (χ1n) is 7.00. The quantitative estimate of drug-likeness (QED) is 0.358. The van der Waals surface area contributed by atoms with E-state index < -0.39 is 18.3 Å². The van der Waals surface area contributed by atoms with Crippen LogP contribution < -0.4 is 0 Å². The highest BCUT2D eigenvalue weighted by Crippen LogP contribution is 2.60. The van der Waals surface area contributed by atoms with E-state index in [4.69, 9.17) is 9.05 Å². The van der Waals surface area contributed by atoms with Crippen LogP contribution in [0.15, 0.2) is 29.6 Å². The topological polar surface area (TPSA) is 95.7 Å². The van der Waals surface area contributed by atoms with Crippen LogP contribution in [-0.4, -0.2) is 23.9 Å². The van der Waals surface area contributed by atoms with Crippen molar-refractivity contribution in [3.8, 4) is 0 Å². The minimum absolute atomic E-state index is 0.172. The van der Waals surface area contributed by atoms with Gasteiger partial charge in [0.05, 0.1) is 23.7 Å². The second kappa shape index (κ2) is 6.35. The normalized spacial score (nSPS) is 20.0. The van der Waals surface area contributed by atoms with Gasteiger partial charge < -0.3 is 9.05 Å². The number of carbonyl (C=O) groups excluding carboxylic acids is 1. The van der Waals surface area contributed by atoms with Crippen molar-refractivity contribution in [2.45, 2.75) is 20.8 Å². The fourth-order valence-corrected chi connectivity index (χ4v) is 4.11. The van der Waals surface area contributed by atoms with Crippen LogP contribution in [-0.2, 0) is 18.4 Å². The molecule has 124 valence electrons. The molecule has 1 aliphatic rings. The molecule has 0 saturated carbocycles. The van der Waals surface area contributed by atoms with Gasteiger partial charge in [-0.2, -0.15) is 0 Å². The van der Waals surface area contributed by atoms with E-state index in [0.717, 1.165) is 0 Å². The summed E-state index contributed by atoms with van der Waals surface area (Å²) >= 11 is 0. The van der Waals surface area contributed by atoms with Crippen molar-refractivity contribution in [3.63, 3.8) is 0 Å². The number of para-hydroxylation sites is 1. The molecule has 1 aromatic rings. The van der Waals surface area contributed by atoms with E-state index in [9.17, 15) is 19.5 Å². The average molecular weight is 339 g/mol. The van der Waals surface area contributed by atoms with E-state index in [1.807, 2.05) is 13.8 Å². The molecule has 0 radical (unpaired) electrons. The molecule has 7 nitrogen and oxygen atoms in total. The Morgan fingerprint density at radius 3 is 2.39 bits per heavy atom. The van der Waals surface area contributed by atoms with Crippen LogP contribution in [0.25, 0.3) is 6.08 Å². The highest BCUT2D eigenvalue weighted by atomic mass is 31.2. The van der Waals surface area contributed by atoms with Crippen LogP contribution >= 0.6 is 7.60 Å². The number of allylic oxidation sites excluding steroid dienone is 1. The lowest BCUT2D eigenvalue weighted by molar-refractivity contribution is -0.385. The Hall–Kier alpha value is -1.82. The first kappa shape index (κ1) is 17.5. The summed E-state index contributed by atoms with van der Waals surface area (Å²) in [7, 11) is -3.79. The molecule has 0 aromatic heterocycles. The van der Waals surface area contributed by atoms with Crippen molar-refractivity contribution in [1.29, 1.82) is 0 Å². The molecule has 0 amide bonds. The molecule has 1 heterocycles. The summed E-state index contributed by atoms with van der Waals surface area (Å²) in [6.07, 6.45) is 1.22. The van der Waals surface area contributed by atoms with Crippen molar-refractivity contribution in [2.24, 2.45) is 5.41 Å². The molecule has 1 aromatic carbocycles.